The lowest BCUT2D eigenvalue weighted by Gasteiger charge is -2.06. The van der Waals surface area contributed by atoms with Gasteiger partial charge < -0.3 is 5.32 Å². The van der Waals surface area contributed by atoms with Gasteiger partial charge in [-0.15, -0.1) is 0 Å². The van der Waals surface area contributed by atoms with E-state index < -0.39 is 5.83 Å². The number of aromatic nitrogens is 4. The van der Waals surface area contributed by atoms with Gasteiger partial charge in [0, 0.05) is 12.4 Å². The van der Waals surface area contributed by atoms with Crippen LogP contribution in [0.2, 0.25) is 0 Å². The molecule has 0 radical (unpaired) electrons. The third kappa shape index (κ3) is 4.90. The van der Waals surface area contributed by atoms with E-state index >= 15 is 0 Å². The molecular weight excluding hydrogens is 281 g/mol. The molecule has 2 heterocycles. The predicted octanol–water partition coefficient (Wildman–Crippen LogP) is 4.09. The maximum absolute atomic E-state index is 13.4. The first-order valence-electron chi connectivity index (χ1n) is 6.74. The molecular formula is C16H18FN5. The van der Waals surface area contributed by atoms with Crippen LogP contribution in [0.1, 0.15) is 19.7 Å². The summed E-state index contributed by atoms with van der Waals surface area (Å²) in [4.78, 5) is 16.1. The third-order valence-corrected chi connectivity index (χ3v) is 2.31. The van der Waals surface area contributed by atoms with Crippen molar-refractivity contribution in [3.8, 4) is 0 Å². The van der Waals surface area contributed by atoms with Gasteiger partial charge in [0.1, 0.15) is 23.8 Å². The molecule has 0 aliphatic heterocycles. The van der Waals surface area contributed by atoms with E-state index in [4.69, 9.17) is 0 Å². The SMILES string of the molecule is C=C/C=C(\C(=C)F)c1nccc(Nc2ccncn2)n1.CC. The maximum Gasteiger partial charge on any atom is 0.164 e. The van der Waals surface area contributed by atoms with Crippen LogP contribution in [0.25, 0.3) is 5.57 Å². The average Bonchev–Trinajstić information content (AvgIpc) is 2.55. The van der Waals surface area contributed by atoms with Crippen molar-refractivity contribution < 1.29 is 4.39 Å². The van der Waals surface area contributed by atoms with Crippen LogP contribution >= 0.6 is 0 Å². The standard InChI is InChI=1S/C14H12FN5.C2H6/c1-3-4-11(10(2)15)14-17-8-6-13(20-14)19-12-5-7-16-9-18-12;1-2/h3-9H,1-2H2,(H,16,17,18,19,20);1-2H3/b11-4+;. The van der Waals surface area contributed by atoms with Crippen LogP contribution in [-0.2, 0) is 0 Å². The van der Waals surface area contributed by atoms with Crippen LogP contribution in [0.4, 0.5) is 16.0 Å². The Morgan fingerprint density at radius 2 is 1.91 bits per heavy atom. The largest absolute Gasteiger partial charge is 0.325 e. The monoisotopic (exact) mass is 299 g/mol. The Morgan fingerprint density at radius 3 is 2.50 bits per heavy atom. The van der Waals surface area contributed by atoms with Gasteiger partial charge in [-0.25, -0.2) is 24.3 Å². The highest BCUT2D eigenvalue weighted by Crippen LogP contribution is 2.21. The highest BCUT2D eigenvalue weighted by molar-refractivity contribution is 5.74. The Hall–Kier alpha value is -2.89. The van der Waals surface area contributed by atoms with Crippen LogP contribution in [0.15, 0.2) is 62.0 Å². The summed E-state index contributed by atoms with van der Waals surface area (Å²) in [5, 5.41) is 2.97. The second-order valence-electron chi connectivity index (χ2n) is 3.71. The van der Waals surface area contributed by atoms with E-state index in [1.165, 1.54) is 24.7 Å². The third-order valence-electron chi connectivity index (χ3n) is 2.31. The van der Waals surface area contributed by atoms with Gasteiger partial charge in [0.15, 0.2) is 5.82 Å². The molecule has 6 heteroatoms. The van der Waals surface area contributed by atoms with E-state index in [1.807, 2.05) is 13.8 Å². The lowest BCUT2D eigenvalue weighted by molar-refractivity contribution is 0.676. The van der Waals surface area contributed by atoms with Gasteiger partial charge in [-0.2, -0.15) is 0 Å². The van der Waals surface area contributed by atoms with Gasteiger partial charge in [-0.3, -0.25) is 0 Å². The van der Waals surface area contributed by atoms with E-state index in [0.29, 0.717) is 11.6 Å². The molecule has 114 valence electrons. The van der Waals surface area contributed by atoms with Crippen molar-refractivity contribution in [2.45, 2.75) is 13.8 Å². The van der Waals surface area contributed by atoms with Crippen molar-refractivity contribution >= 4 is 17.2 Å². The average molecular weight is 299 g/mol. The van der Waals surface area contributed by atoms with Crippen LogP contribution in [0, 0.1) is 0 Å². The summed E-state index contributed by atoms with van der Waals surface area (Å²) in [7, 11) is 0. The number of anilines is 2. The second-order valence-corrected chi connectivity index (χ2v) is 3.71. The fraction of sp³-hybridized carbons (Fsp3) is 0.125. The molecule has 5 nitrogen and oxygen atoms in total. The number of nitrogens with zero attached hydrogens (tertiary/aromatic N) is 4. The van der Waals surface area contributed by atoms with Gasteiger partial charge in [-0.05, 0) is 18.2 Å². The fourth-order valence-electron chi connectivity index (χ4n) is 1.46. The Bertz CT molecular complexity index is 653. The number of hydrogen-bond donors (Lipinski definition) is 1. The Kier molecular flexibility index (Phi) is 7.12. The zero-order valence-corrected chi connectivity index (χ0v) is 12.6. The number of allylic oxidation sites excluding steroid dienone is 4. The predicted molar refractivity (Wildman–Crippen MR) is 87.1 cm³/mol. The normalized spacial score (nSPS) is 10.2. The molecule has 2 aromatic rings. The van der Waals surface area contributed by atoms with Crippen molar-refractivity contribution in [3.05, 3.63) is 67.8 Å². The van der Waals surface area contributed by atoms with E-state index in [-0.39, 0.29) is 11.4 Å². The molecule has 0 bridgehead atoms. The molecule has 0 fully saturated rings. The zero-order valence-electron chi connectivity index (χ0n) is 12.6. The molecule has 0 saturated carbocycles. The Morgan fingerprint density at radius 1 is 1.18 bits per heavy atom. The maximum atomic E-state index is 13.4. The highest BCUT2D eigenvalue weighted by Gasteiger charge is 2.09. The minimum absolute atomic E-state index is 0.186. The first-order valence-corrected chi connectivity index (χ1v) is 6.74. The molecule has 2 aromatic heterocycles. The molecule has 1 N–H and O–H groups in total. The quantitative estimate of drug-likeness (QED) is 0.842. The molecule has 2 rings (SSSR count). The van der Waals surface area contributed by atoms with Crippen molar-refractivity contribution in [2.75, 3.05) is 5.32 Å². The number of hydrogen-bond acceptors (Lipinski definition) is 5. The molecule has 0 spiro atoms. The molecule has 22 heavy (non-hydrogen) atoms. The summed E-state index contributed by atoms with van der Waals surface area (Å²) >= 11 is 0. The topological polar surface area (TPSA) is 63.6 Å². The van der Waals surface area contributed by atoms with E-state index in [9.17, 15) is 4.39 Å². The van der Waals surface area contributed by atoms with Crippen LogP contribution < -0.4 is 5.32 Å². The van der Waals surface area contributed by atoms with E-state index in [0.717, 1.165) is 0 Å². The molecule has 0 aliphatic rings. The van der Waals surface area contributed by atoms with Crippen LogP contribution in [0.5, 0.6) is 0 Å². The molecule has 0 saturated heterocycles. The van der Waals surface area contributed by atoms with Crippen molar-refractivity contribution in [1.29, 1.82) is 0 Å². The second kappa shape index (κ2) is 9.12. The first kappa shape index (κ1) is 17.2. The summed E-state index contributed by atoms with van der Waals surface area (Å²) in [6, 6.07) is 3.34. The van der Waals surface area contributed by atoms with E-state index in [2.05, 4.69) is 38.4 Å². The lowest BCUT2D eigenvalue weighted by Crippen LogP contribution is -2.00. The summed E-state index contributed by atoms with van der Waals surface area (Å²) in [5.74, 6) is 0.670. The molecule has 0 amide bonds. The minimum atomic E-state index is -0.621. The zero-order chi connectivity index (χ0) is 16.4. The molecule has 0 atom stereocenters. The number of rotatable bonds is 5. The van der Waals surface area contributed by atoms with Crippen LogP contribution in [0.3, 0.4) is 0 Å². The smallest absolute Gasteiger partial charge is 0.164 e. The number of halogens is 1. The summed E-state index contributed by atoms with van der Waals surface area (Å²) < 4.78 is 13.4. The molecule has 0 aliphatic carbocycles. The van der Waals surface area contributed by atoms with E-state index in [1.54, 1.807) is 18.3 Å². The van der Waals surface area contributed by atoms with Gasteiger partial charge in [0.2, 0.25) is 0 Å². The summed E-state index contributed by atoms with van der Waals surface area (Å²) in [5.41, 5.74) is 0.186. The van der Waals surface area contributed by atoms with Gasteiger partial charge in [-0.1, -0.05) is 33.1 Å². The number of nitrogens with one attached hydrogen (secondary N) is 1. The van der Waals surface area contributed by atoms with Gasteiger partial charge in [0.25, 0.3) is 0 Å². The fourth-order valence-corrected chi connectivity index (χ4v) is 1.46. The Balaban J connectivity index is 0.00000116. The van der Waals surface area contributed by atoms with Crippen LogP contribution in [-0.4, -0.2) is 19.9 Å². The minimum Gasteiger partial charge on any atom is -0.325 e. The van der Waals surface area contributed by atoms with Crippen molar-refractivity contribution in [2.24, 2.45) is 0 Å². The molecule has 0 unspecified atom stereocenters. The van der Waals surface area contributed by atoms with Crippen molar-refractivity contribution in [1.82, 2.24) is 19.9 Å². The lowest BCUT2D eigenvalue weighted by atomic mass is 10.2. The van der Waals surface area contributed by atoms with Crippen molar-refractivity contribution in [3.63, 3.8) is 0 Å². The summed E-state index contributed by atoms with van der Waals surface area (Å²) in [6.45, 7) is 10.8. The molecule has 0 aromatic carbocycles. The Labute approximate surface area is 129 Å². The first-order chi connectivity index (χ1) is 10.7. The van der Waals surface area contributed by atoms with Gasteiger partial charge >= 0.3 is 0 Å². The highest BCUT2D eigenvalue weighted by atomic mass is 19.1. The summed E-state index contributed by atoms with van der Waals surface area (Å²) in [6.07, 6.45) is 7.45. The van der Waals surface area contributed by atoms with Gasteiger partial charge in [0.05, 0.1) is 5.57 Å².